The van der Waals surface area contributed by atoms with E-state index in [4.69, 9.17) is 5.26 Å². The largest absolute Gasteiger partial charge is 0.320 e. The van der Waals surface area contributed by atoms with Gasteiger partial charge in [0, 0.05) is 18.8 Å². The summed E-state index contributed by atoms with van der Waals surface area (Å²) in [6.45, 7) is 1.28. The number of pyridine rings is 1. The maximum atomic E-state index is 12.9. The van der Waals surface area contributed by atoms with Gasteiger partial charge in [0.25, 0.3) is 0 Å². The minimum Gasteiger partial charge on any atom is -0.320 e. The first-order chi connectivity index (χ1) is 10.1. The highest BCUT2D eigenvalue weighted by Crippen LogP contribution is 2.27. The molecule has 0 amide bonds. The second kappa shape index (κ2) is 6.98. The number of hydrogen-bond donors (Lipinski definition) is 1. The molecular formula is C14H20N4O2S. The van der Waals surface area contributed by atoms with Crippen LogP contribution in [-0.4, -0.2) is 43.9 Å². The minimum atomic E-state index is -3.66. The Labute approximate surface area is 125 Å². The van der Waals surface area contributed by atoms with Gasteiger partial charge in [0.2, 0.25) is 10.0 Å². The van der Waals surface area contributed by atoms with E-state index in [-0.39, 0.29) is 16.6 Å². The zero-order valence-corrected chi connectivity index (χ0v) is 12.9. The molecular weight excluding hydrogens is 288 g/mol. The third kappa shape index (κ3) is 3.40. The van der Waals surface area contributed by atoms with E-state index >= 15 is 0 Å². The molecule has 1 aromatic heterocycles. The molecule has 6 nitrogen and oxygen atoms in total. The Kier molecular flexibility index (Phi) is 5.28. The van der Waals surface area contributed by atoms with E-state index in [1.807, 2.05) is 13.1 Å². The van der Waals surface area contributed by atoms with Crippen molar-refractivity contribution in [2.24, 2.45) is 0 Å². The Balaban J connectivity index is 2.34. The highest BCUT2D eigenvalue weighted by atomic mass is 32.2. The lowest BCUT2D eigenvalue weighted by Crippen LogP contribution is -2.44. The van der Waals surface area contributed by atoms with Crippen LogP contribution in [0.4, 0.5) is 0 Å². The topological polar surface area (TPSA) is 86.1 Å². The summed E-state index contributed by atoms with van der Waals surface area (Å²) < 4.78 is 27.3. The van der Waals surface area contributed by atoms with Gasteiger partial charge in [0.1, 0.15) is 11.0 Å². The minimum absolute atomic E-state index is 0.0112. The first kappa shape index (κ1) is 15.9. The van der Waals surface area contributed by atoms with Crippen LogP contribution in [-0.2, 0) is 10.0 Å². The Morgan fingerprint density at radius 1 is 1.52 bits per heavy atom. The van der Waals surface area contributed by atoms with E-state index < -0.39 is 10.0 Å². The molecule has 114 valence electrons. The van der Waals surface area contributed by atoms with Gasteiger partial charge in [-0.3, -0.25) is 0 Å². The summed E-state index contributed by atoms with van der Waals surface area (Å²) in [6.07, 6.45) is 4.98. The first-order valence-electron chi connectivity index (χ1n) is 7.13. The summed E-state index contributed by atoms with van der Waals surface area (Å²) in [4.78, 5) is 3.88. The standard InChI is InChI=1S/C14H20N4O2S/c1-16-9-7-12-5-2-3-10-18(12)21(19,20)14-6-4-8-17-13(14)11-15/h4,6,8,12,16H,2-3,5,7,9-10H2,1H3. The Hall–Kier alpha value is -1.49. The predicted molar refractivity (Wildman–Crippen MR) is 79.0 cm³/mol. The molecule has 1 fully saturated rings. The molecule has 2 heterocycles. The number of nitrogens with one attached hydrogen (secondary N) is 1. The lowest BCUT2D eigenvalue weighted by atomic mass is 10.0. The van der Waals surface area contributed by atoms with Gasteiger partial charge in [-0.05, 0) is 45.0 Å². The maximum absolute atomic E-state index is 12.9. The molecule has 21 heavy (non-hydrogen) atoms. The van der Waals surface area contributed by atoms with Gasteiger partial charge in [-0.1, -0.05) is 6.42 Å². The van der Waals surface area contributed by atoms with E-state index in [1.165, 1.54) is 12.3 Å². The first-order valence-corrected chi connectivity index (χ1v) is 8.57. The van der Waals surface area contributed by atoms with Crippen LogP contribution >= 0.6 is 0 Å². The van der Waals surface area contributed by atoms with E-state index in [0.717, 1.165) is 32.2 Å². The fourth-order valence-corrected chi connectivity index (χ4v) is 4.52. The molecule has 0 saturated carbocycles. The number of aromatic nitrogens is 1. The molecule has 1 saturated heterocycles. The van der Waals surface area contributed by atoms with Gasteiger partial charge >= 0.3 is 0 Å². The van der Waals surface area contributed by atoms with Crippen LogP contribution in [0, 0.1) is 11.3 Å². The van der Waals surface area contributed by atoms with Gasteiger partial charge in [-0.15, -0.1) is 0 Å². The van der Waals surface area contributed by atoms with Gasteiger partial charge < -0.3 is 5.32 Å². The molecule has 1 unspecified atom stereocenters. The Bertz CT molecular complexity index is 624. The van der Waals surface area contributed by atoms with E-state index in [2.05, 4.69) is 10.3 Å². The van der Waals surface area contributed by atoms with Crippen LogP contribution < -0.4 is 5.32 Å². The van der Waals surface area contributed by atoms with Crippen LogP contribution in [0.25, 0.3) is 0 Å². The van der Waals surface area contributed by atoms with Crippen molar-refractivity contribution >= 4 is 10.0 Å². The normalized spacial score (nSPS) is 20.1. The lowest BCUT2D eigenvalue weighted by Gasteiger charge is -2.34. The summed E-state index contributed by atoms with van der Waals surface area (Å²) in [7, 11) is -1.81. The van der Waals surface area contributed by atoms with Gasteiger partial charge in [0.15, 0.2) is 5.69 Å². The van der Waals surface area contributed by atoms with Crippen LogP contribution in [0.5, 0.6) is 0 Å². The maximum Gasteiger partial charge on any atom is 0.246 e. The fourth-order valence-electron chi connectivity index (χ4n) is 2.70. The Morgan fingerprint density at radius 2 is 2.33 bits per heavy atom. The second-order valence-corrected chi connectivity index (χ2v) is 6.98. The molecule has 0 bridgehead atoms. The summed E-state index contributed by atoms with van der Waals surface area (Å²) in [6, 6.07) is 4.88. The number of sulfonamides is 1. The highest BCUT2D eigenvalue weighted by Gasteiger charge is 2.34. The second-order valence-electron chi connectivity index (χ2n) is 5.12. The van der Waals surface area contributed by atoms with Gasteiger partial charge in [-0.2, -0.15) is 9.57 Å². The molecule has 1 aromatic rings. The third-order valence-corrected chi connectivity index (χ3v) is 5.75. The van der Waals surface area contributed by atoms with Crippen molar-refractivity contribution in [3.63, 3.8) is 0 Å². The SMILES string of the molecule is CNCCC1CCCCN1S(=O)(=O)c1cccnc1C#N. The molecule has 2 rings (SSSR count). The quantitative estimate of drug-likeness (QED) is 0.880. The zero-order chi connectivity index (χ0) is 15.3. The smallest absolute Gasteiger partial charge is 0.246 e. The van der Waals surface area contributed by atoms with Crippen molar-refractivity contribution in [2.45, 2.75) is 36.6 Å². The molecule has 7 heteroatoms. The van der Waals surface area contributed by atoms with Crippen LogP contribution in [0.2, 0.25) is 0 Å². The van der Waals surface area contributed by atoms with Crippen molar-refractivity contribution in [2.75, 3.05) is 20.1 Å². The molecule has 0 radical (unpaired) electrons. The molecule has 1 atom stereocenters. The predicted octanol–water partition coefficient (Wildman–Crippen LogP) is 1.11. The molecule has 0 aliphatic carbocycles. The summed E-state index contributed by atoms with van der Waals surface area (Å²) in [5.74, 6) is 0. The molecule has 1 N–H and O–H groups in total. The number of piperidine rings is 1. The molecule has 0 spiro atoms. The van der Waals surface area contributed by atoms with Crippen molar-refractivity contribution in [1.29, 1.82) is 5.26 Å². The Morgan fingerprint density at radius 3 is 3.05 bits per heavy atom. The summed E-state index contributed by atoms with van der Waals surface area (Å²) >= 11 is 0. The number of nitrogens with zero attached hydrogens (tertiary/aromatic N) is 3. The summed E-state index contributed by atoms with van der Waals surface area (Å²) in [5, 5.41) is 12.1. The van der Waals surface area contributed by atoms with Crippen molar-refractivity contribution in [1.82, 2.24) is 14.6 Å². The highest BCUT2D eigenvalue weighted by molar-refractivity contribution is 7.89. The third-order valence-electron chi connectivity index (χ3n) is 3.76. The zero-order valence-electron chi connectivity index (χ0n) is 12.1. The van der Waals surface area contributed by atoms with Crippen LogP contribution in [0.3, 0.4) is 0 Å². The van der Waals surface area contributed by atoms with Gasteiger partial charge in [-0.25, -0.2) is 13.4 Å². The van der Waals surface area contributed by atoms with E-state index in [1.54, 1.807) is 10.4 Å². The van der Waals surface area contributed by atoms with Gasteiger partial charge in [0.05, 0.1) is 0 Å². The van der Waals surface area contributed by atoms with E-state index in [0.29, 0.717) is 6.54 Å². The average Bonchev–Trinajstić information content (AvgIpc) is 2.53. The van der Waals surface area contributed by atoms with Crippen LogP contribution in [0.15, 0.2) is 23.2 Å². The molecule has 0 aromatic carbocycles. The number of rotatable bonds is 5. The van der Waals surface area contributed by atoms with Crippen molar-refractivity contribution < 1.29 is 8.42 Å². The monoisotopic (exact) mass is 308 g/mol. The van der Waals surface area contributed by atoms with E-state index in [9.17, 15) is 8.42 Å². The molecule has 1 aliphatic rings. The summed E-state index contributed by atoms with van der Waals surface area (Å²) in [5.41, 5.74) is -0.0320. The lowest BCUT2D eigenvalue weighted by molar-refractivity contribution is 0.240. The van der Waals surface area contributed by atoms with Crippen molar-refractivity contribution in [3.8, 4) is 6.07 Å². The number of hydrogen-bond acceptors (Lipinski definition) is 5. The fraction of sp³-hybridized carbons (Fsp3) is 0.571. The number of nitriles is 1. The van der Waals surface area contributed by atoms with Crippen molar-refractivity contribution in [3.05, 3.63) is 24.0 Å². The average molecular weight is 308 g/mol. The molecule has 1 aliphatic heterocycles. The van der Waals surface area contributed by atoms with Crippen LogP contribution in [0.1, 0.15) is 31.4 Å².